The second kappa shape index (κ2) is 6.42. The summed E-state index contributed by atoms with van der Waals surface area (Å²) in [5.74, 6) is 0.839. The zero-order chi connectivity index (χ0) is 16.6. The van der Waals surface area contributed by atoms with Gasteiger partial charge in [-0.15, -0.1) is 11.8 Å². The summed E-state index contributed by atoms with van der Waals surface area (Å²) in [5, 5.41) is 5.87. The van der Waals surface area contributed by atoms with Crippen LogP contribution in [0.15, 0.2) is 29.3 Å². The van der Waals surface area contributed by atoms with E-state index in [2.05, 4.69) is 11.2 Å². The molecule has 1 fully saturated rings. The van der Waals surface area contributed by atoms with E-state index in [1.807, 2.05) is 37.7 Å². The maximum Gasteiger partial charge on any atom is 0.260 e. The van der Waals surface area contributed by atoms with E-state index in [9.17, 15) is 4.79 Å². The van der Waals surface area contributed by atoms with E-state index in [1.54, 1.807) is 28.8 Å². The second-order valence-corrected chi connectivity index (χ2v) is 7.00. The molecule has 0 saturated carbocycles. The number of hydrogen-bond acceptors (Lipinski definition) is 3. The summed E-state index contributed by atoms with van der Waals surface area (Å²) in [7, 11) is 1.93. The average molecular weight is 348 g/mol. The monoisotopic (exact) mass is 347 g/mol. The summed E-state index contributed by atoms with van der Waals surface area (Å²) in [4.78, 5) is 14.6. The largest absolute Gasteiger partial charge is 0.302 e. The molecule has 3 rings (SSSR count). The Hall–Kier alpha value is -1.72. The third-order valence-electron chi connectivity index (χ3n) is 4.01. The van der Waals surface area contributed by atoms with Gasteiger partial charge in [0.25, 0.3) is 5.91 Å². The summed E-state index contributed by atoms with van der Waals surface area (Å²) in [6.07, 6.45) is 2.06. The molecule has 0 aliphatic carbocycles. The number of benzene rings is 1. The third kappa shape index (κ3) is 3.03. The molecule has 0 unspecified atom stereocenters. The van der Waals surface area contributed by atoms with Crippen LogP contribution >= 0.6 is 23.4 Å². The van der Waals surface area contributed by atoms with Gasteiger partial charge in [0.2, 0.25) is 0 Å². The highest BCUT2D eigenvalue weighted by Crippen LogP contribution is 2.33. The highest BCUT2D eigenvalue weighted by atomic mass is 35.5. The Morgan fingerprint density at radius 1 is 1.35 bits per heavy atom. The standard InChI is InChI=1S/C17H18ClN3OS/c1-11-14(12(2)20(3)19-11)10-16-21(8-9-23-16)17(22)13-6-4-5-7-15(13)18/h4-7,10H,8-9H2,1-3H3/b16-10+. The van der Waals surface area contributed by atoms with Crippen molar-refractivity contribution in [2.45, 2.75) is 13.8 Å². The maximum absolute atomic E-state index is 12.8. The van der Waals surface area contributed by atoms with E-state index in [0.29, 0.717) is 17.1 Å². The lowest BCUT2D eigenvalue weighted by molar-refractivity contribution is 0.0831. The van der Waals surface area contributed by atoms with Crippen LogP contribution in [-0.4, -0.2) is 32.9 Å². The Bertz CT molecular complexity index is 797. The number of carbonyl (C=O) groups is 1. The molecule has 0 spiro atoms. The average Bonchev–Trinajstić information content (AvgIpc) is 3.08. The first kappa shape index (κ1) is 16.1. The summed E-state index contributed by atoms with van der Waals surface area (Å²) in [6.45, 7) is 4.71. The fourth-order valence-corrected chi connectivity index (χ4v) is 3.88. The first-order chi connectivity index (χ1) is 11.0. The zero-order valence-electron chi connectivity index (χ0n) is 13.3. The van der Waals surface area contributed by atoms with Crippen LogP contribution in [0.4, 0.5) is 0 Å². The molecule has 1 amide bonds. The van der Waals surface area contributed by atoms with E-state index in [0.717, 1.165) is 27.7 Å². The van der Waals surface area contributed by atoms with E-state index in [-0.39, 0.29) is 5.91 Å². The number of halogens is 1. The van der Waals surface area contributed by atoms with Gasteiger partial charge in [0, 0.05) is 30.6 Å². The van der Waals surface area contributed by atoms with Gasteiger partial charge < -0.3 is 4.90 Å². The quantitative estimate of drug-likeness (QED) is 0.827. The van der Waals surface area contributed by atoms with Crippen molar-refractivity contribution in [2.75, 3.05) is 12.3 Å². The molecular weight excluding hydrogens is 330 g/mol. The SMILES string of the molecule is Cc1nn(C)c(C)c1/C=C1/SCCN1C(=O)c1ccccc1Cl. The first-order valence-corrected chi connectivity index (χ1v) is 8.76. The van der Waals surface area contributed by atoms with Crippen molar-refractivity contribution in [3.8, 4) is 0 Å². The van der Waals surface area contributed by atoms with Crippen molar-refractivity contribution >= 4 is 35.3 Å². The second-order valence-electron chi connectivity index (χ2n) is 5.48. The van der Waals surface area contributed by atoms with Crippen LogP contribution in [0.25, 0.3) is 6.08 Å². The van der Waals surface area contributed by atoms with Crippen LogP contribution in [0.2, 0.25) is 5.02 Å². The zero-order valence-corrected chi connectivity index (χ0v) is 14.9. The smallest absolute Gasteiger partial charge is 0.260 e. The van der Waals surface area contributed by atoms with Gasteiger partial charge in [-0.2, -0.15) is 5.10 Å². The lowest BCUT2D eigenvalue weighted by atomic mass is 10.1. The normalized spacial score (nSPS) is 16.3. The van der Waals surface area contributed by atoms with Gasteiger partial charge in [-0.1, -0.05) is 23.7 Å². The number of aromatic nitrogens is 2. The fourth-order valence-electron chi connectivity index (χ4n) is 2.65. The number of carbonyl (C=O) groups excluding carboxylic acids is 1. The minimum absolute atomic E-state index is 0.0500. The van der Waals surface area contributed by atoms with Crippen molar-refractivity contribution in [3.63, 3.8) is 0 Å². The number of nitrogens with zero attached hydrogens (tertiary/aromatic N) is 3. The van der Waals surface area contributed by atoms with Gasteiger partial charge >= 0.3 is 0 Å². The van der Waals surface area contributed by atoms with Crippen LogP contribution in [0, 0.1) is 13.8 Å². The molecule has 2 heterocycles. The van der Waals surface area contributed by atoms with E-state index in [1.165, 1.54) is 0 Å². The highest BCUT2D eigenvalue weighted by Gasteiger charge is 2.27. The highest BCUT2D eigenvalue weighted by molar-refractivity contribution is 8.03. The molecule has 2 aromatic rings. The van der Waals surface area contributed by atoms with Crippen molar-refractivity contribution in [1.29, 1.82) is 0 Å². The summed E-state index contributed by atoms with van der Waals surface area (Å²) < 4.78 is 1.86. The van der Waals surface area contributed by atoms with Gasteiger partial charge in [-0.3, -0.25) is 9.48 Å². The molecule has 4 nitrogen and oxygen atoms in total. The van der Waals surface area contributed by atoms with Gasteiger partial charge in [-0.25, -0.2) is 0 Å². The number of hydrogen-bond donors (Lipinski definition) is 0. The maximum atomic E-state index is 12.8. The Labute approximate surface area is 145 Å². The summed E-state index contributed by atoms with van der Waals surface area (Å²) >= 11 is 7.86. The van der Waals surface area contributed by atoms with Crippen LogP contribution in [0.5, 0.6) is 0 Å². The van der Waals surface area contributed by atoms with Crippen molar-refractivity contribution < 1.29 is 4.79 Å². The van der Waals surface area contributed by atoms with Crippen molar-refractivity contribution in [3.05, 3.63) is 56.8 Å². The van der Waals surface area contributed by atoms with Crippen LogP contribution in [0.1, 0.15) is 27.3 Å². The molecule has 1 aliphatic heterocycles. The van der Waals surface area contributed by atoms with Gasteiger partial charge in [-0.05, 0) is 32.1 Å². The van der Waals surface area contributed by atoms with Crippen LogP contribution in [-0.2, 0) is 7.05 Å². The molecule has 1 saturated heterocycles. The van der Waals surface area contributed by atoms with Crippen LogP contribution in [0.3, 0.4) is 0 Å². The van der Waals surface area contributed by atoms with Crippen LogP contribution < -0.4 is 0 Å². The van der Waals surface area contributed by atoms with E-state index in [4.69, 9.17) is 11.6 Å². The molecule has 0 N–H and O–H groups in total. The van der Waals surface area contributed by atoms with Gasteiger partial charge in [0.05, 0.1) is 21.3 Å². The Morgan fingerprint density at radius 2 is 2.09 bits per heavy atom. The Morgan fingerprint density at radius 3 is 2.74 bits per heavy atom. The fraction of sp³-hybridized carbons (Fsp3) is 0.294. The molecule has 0 atom stereocenters. The predicted octanol–water partition coefficient (Wildman–Crippen LogP) is 3.88. The number of rotatable bonds is 2. The molecule has 120 valence electrons. The minimum Gasteiger partial charge on any atom is -0.302 e. The predicted molar refractivity (Wildman–Crippen MR) is 95.6 cm³/mol. The molecule has 6 heteroatoms. The third-order valence-corrected chi connectivity index (χ3v) is 5.36. The molecular formula is C17H18ClN3OS. The van der Waals surface area contributed by atoms with E-state index < -0.39 is 0 Å². The van der Waals surface area contributed by atoms with E-state index >= 15 is 0 Å². The molecule has 1 aliphatic rings. The molecule has 23 heavy (non-hydrogen) atoms. The lowest BCUT2D eigenvalue weighted by Gasteiger charge is -2.18. The summed E-state index contributed by atoms with van der Waals surface area (Å²) in [6, 6.07) is 7.18. The van der Waals surface area contributed by atoms with Crippen molar-refractivity contribution in [2.24, 2.45) is 7.05 Å². The molecule has 0 bridgehead atoms. The first-order valence-electron chi connectivity index (χ1n) is 7.40. The molecule has 1 aromatic heterocycles. The Kier molecular flexibility index (Phi) is 4.50. The summed E-state index contributed by atoms with van der Waals surface area (Å²) in [5.41, 5.74) is 3.68. The molecule has 0 radical (unpaired) electrons. The number of amides is 1. The lowest BCUT2D eigenvalue weighted by Crippen LogP contribution is -2.27. The topological polar surface area (TPSA) is 38.1 Å². The number of thioether (sulfide) groups is 1. The number of aryl methyl sites for hydroxylation is 2. The Balaban J connectivity index is 1.96. The van der Waals surface area contributed by atoms with Gasteiger partial charge in [0.1, 0.15) is 0 Å². The van der Waals surface area contributed by atoms with Crippen molar-refractivity contribution in [1.82, 2.24) is 14.7 Å². The van der Waals surface area contributed by atoms with Gasteiger partial charge in [0.15, 0.2) is 0 Å². The molecule has 1 aromatic carbocycles. The minimum atomic E-state index is -0.0500.